The summed E-state index contributed by atoms with van der Waals surface area (Å²) in [5.74, 6) is -0.108. The molecule has 0 aliphatic rings. The van der Waals surface area contributed by atoms with Crippen LogP contribution in [0.4, 0.5) is 11.5 Å². The Bertz CT molecular complexity index is 1110. The Labute approximate surface area is 153 Å². The first kappa shape index (κ1) is 18.0. The molecule has 0 saturated carbocycles. The Morgan fingerprint density at radius 3 is 2.63 bits per heavy atom. The molecule has 3 aromatic rings. The number of hydrogen-bond acceptors (Lipinski definition) is 6. The van der Waals surface area contributed by atoms with E-state index in [1.807, 2.05) is 0 Å². The summed E-state index contributed by atoms with van der Waals surface area (Å²) >= 11 is 0. The number of rotatable bonds is 4. The van der Waals surface area contributed by atoms with E-state index in [0.29, 0.717) is 11.4 Å². The van der Waals surface area contributed by atoms with E-state index < -0.39 is 10.8 Å². The molecule has 1 amide bonds. The average Bonchev–Trinajstić information content (AvgIpc) is 2.94. The summed E-state index contributed by atoms with van der Waals surface area (Å²) in [5.41, 5.74) is 1.01. The Morgan fingerprint density at radius 2 is 1.96 bits per heavy atom. The van der Waals surface area contributed by atoms with Crippen LogP contribution in [0.2, 0.25) is 0 Å². The number of carbonyl (C=O) groups is 1. The van der Waals surface area contributed by atoms with E-state index in [4.69, 9.17) is 0 Å². The number of anilines is 1. The number of nitro benzene ring substituents is 1. The molecule has 0 aliphatic carbocycles. The van der Waals surface area contributed by atoms with Crippen LogP contribution in [0.3, 0.4) is 0 Å². The van der Waals surface area contributed by atoms with Crippen LogP contribution in [0.15, 0.2) is 35.1 Å². The zero-order chi connectivity index (χ0) is 19.7. The van der Waals surface area contributed by atoms with Crippen LogP contribution in [0.1, 0.15) is 27.3 Å². The van der Waals surface area contributed by atoms with Crippen molar-refractivity contribution in [2.45, 2.75) is 20.8 Å². The summed E-state index contributed by atoms with van der Waals surface area (Å²) in [7, 11) is 0. The first-order valence-corrected chi connectivity index (χ1v) is 7.96. The summed E-state index contributed by atoms with van der Waals surface area (Å²) in [5, 5.41) is 18.0. The van der Waals surface area contributed by atoms with Gasteiger partial charge in [0.25, 0.3) is 17.2 Å². The van der Waals surface area contributed by atoms with Crippen molar-refractivity contribution in [1.82, 2.24) is 19.7 Å². The molecule has 2 aromatic heterocycles. The lowest BCUT2D eigenvalue weighted by atomic mass is 10.1. The Hall–Kier alpha value is -3.82. The zero-order valence-electron chi connectivity index (χ0n) is 14.8. The molecule has 10 nitrogen and oxygen atoms in total. The molecule has 10 heteroatoms. The van der Waals surface area contributed by atoms with Gasteiger partial charge in [0.05, 0.1) is 10.6 Å². The van der Waals surface area contributed by atoms with E-state index >= 15 is 0 Å². The maximum atomic E-state index is 12.7. The molecule has 0 spiro atoms. The van der Waals surface area contributed by atoms with Gasteiger partial charge in [0.15, 0.2) is 0 Å². The molecule has 3 rings (SSSR count). The quantitative estimate of drug-likeness (QED) is 0.534. The van der Waals surface area contributed by atoms with Crippen molar-refractivity contribution in [1.29, 1.82) is 0 Å². The third-order valence-electron chi connectivity index (χ3n) is 3.88. The van der Waals surface area contributed by atoms with Crippen LogP contribution >= 0.6 is 0 Å². The number of hydrogen-bond donors (Lipinski definition) is 2. The Balaban J connectivity index is 2.00. The zero-order valence-corrected chi connectivity index (χ0v) is 14.8. The SMILES string of the molecule is Cc1cc(=O)[nH]c(-n2nc(C)cc2NC(=O)c2cccc([N+](=O)[O-])c2C)n1. The van der Waals surface area contributed by atoms with E-state index in [-0.39, 0.29) is 34.1 Å². The van der Waals surface area contributed by atoms with Crippen LogP contribution in [0.25, 0.3) is 5.95 Å². The molecule has 0 radical (unpaired) electrons. The Kier molecular flexibility index (Phi) is 4.55. The summed E-state index contributed by atoms with van der Waals surface area (Å²) in [6.07, 6.45) is 0. The molecule has 1 aromatic carbocycles. The van der Waals surface area contributed by atoms with Crippen molar-refractivity contribution in [3.05, 3.63) is 73.3 Å². The fourth-order valence-electron chi connectivity index (χ4n) is 2.66. The van der Waals surface area contributed by atoms with Gasteiger partial charge in [-0.1, -0.05) is 6.07 Å². The van der Waals surface area contributed by atoms with Gasteiger partial charge in [-0.25, -0.2) is 4.98 Å². The highest BCUT2D eigenvalue weighted by Crippen LogP contribution is 2.22. The van der Waals surface area contributed by atoms with Gasteiger partial charge < -0.3 is 5.32 Å². The lowest BCUT2D eigenvalue weighted by molar-refractivity contribution is -0.385. The maximum Gasteiger partial charge on any atom is 0.273 e. The number of nitro groups is 1. The predicted molar refractivity (Wildman–Crippen MR) is 97.2 cm³/mol. The molecule has 2 heterocycles. The minimum atomic E-state index is -0.540. The van der Waals surface area contributed by atoms with Crippen LogP contribution < -0.4 is 10.9 Å². The second-order valence-corrected chi connectivity index (χ2v) is 5.95. The van der Waals surface area contributed by atoms with Crippen LogP contribution in [-0.4, -0.2) is 30.6 Å². The summed E-state index contributed by atoms with van der Waals surface area (Å²) in [6, 6.07) is 7.22. The molecule has 0 unspecified atom stereocenters. The summed E-state index contributed by atoms with van der Waals surface area (Å²) in [4.78, 5) is 41.7. The summed E-state index contributed by atoms with van der Waals surface area (Å²) in [6.45, 7) is 4.90. The highest BCUT2D eigenvalue weighted by atomic mass is 16.6. The van der Waals surface area contributed by atoms with Gasteiger partial charge >= 0.3 is 0 Å². The van der Waals surface area contributed by atoms with Crippen molar-refractivity contribution >= 4 is 17.4 Å². The molecular weight excluding hydrogens is 352 g/mol. The van der Waals surface area contributed by atoms with Crippen LogP contribution in [0, 0.1) is 30.9 Å². The topological polar surface area (TPSA) is 136 Å². The van der Waals surface area contributed by atoms with Crippen molar-refractivity contribution in [3.63, 3.8) is 0 Å². The number of benzene rings is 1. The molecule has 0 saturated heterocycles. The van der Waals surface area contributed by atoms with E-state index in [0.717, 1.165) is 0 Å². The van der Waals surface area contributed by atoms with E-state index in [1.54, 1.807) is 19.9 Å². The van der Waals surface area contributed by atoms with Gasteiger partial charge in [0.1, 0.15) is 5.82 Å². The monoisotopic (exact) mass is 368 g/mol. The van der Waals surface area contributed by atoms with Gasteiger partial charge in [-0.05, 0) is 26.8 Å². The first-order chi connectivity index (χ1) is 12.8. The molecule has 0 atom stereocenters. The van der Waals surface area contributed by atoms with Gasteiger partial charge in [0.2, 0.25) is 5.95 Å². The molecule has 138 valence electrons. The molecule has 27 heavy (non-hydrogen) atoms. The fraction of sp³-hybridized carbons (Fsp3) is 0.176. The van der Waals surface area contributed by atoms with E-state index in [9.17, 15) is 19.7 Å². The van der Waals surface area contributed by atoms with Gasteiger partial charge in [-0.15, -0.1) is 0 Å². The lowest BCUT2D eigenvalue weighted by Gasteiger charge is -2.10. The smallest absolute Gasteiger partial charge is 0.273 e. The molecule has 0 aliphatic heterocycles. The van der Waals surface area contributed by atoms with Crippen LogP contribution in [-0.2, 0) is 0 Å². The minimum Gasteiger partial charge on any atom is -0.306 e. The lowest BCUT2D eigenvalue weighted by Crippen LogP contribution is -2.19. The van der Waals surface area contributed by atoms with E-state index in [1.165, 1.54) is 35.9 Å². The molecule has 2 N–H and O–H groups in total. The average molecular weight is 368 g/mol. The second kappa shape index (κ2) is 6.83. The largest absolute Gasteiger partial charge is 0.306 e. The number of H-pyrrole nitrogens is 1. The molecule has 0 fully saturated rings. The molecular formula is C17H16N6O4. The standard InChI is InChI=1S/C17H16N6O4/c1-9-8-15(24)20-17(18-9)22-14(7-10(2)21-22)19-16(25)12-5-4-6-13(11(12)3)23(26)27/h4-8H,1-3H3,(H,19,25)(H,18,20,24). The van der Waals surface area contributed by atoms with E-state index in [2.05, 4.69) is 20.4 Å². The third-order valence-corrected chi connectivity index (χ3v) is 3.88. The number of nitrogens with zero attached hydrogens (tertiary/aromatic N) is 4. The predicted octanol–water partition coefficient (Wildman–Crippen LogP) is 2.04. The number of nitrogens with one attached hydrogen (secondary N) is 2. The number of amides is 1. The number of carbonyl (C=O) groups excluding carboxylic acids is 1. The van der Waals surface area contributed by atoms with Gasteiger partial charge in [-0.2, -0.15) is 9.78 Å². The van der Waals surface area contributed by atoms with Crippen LogP contribution in [0.5, 0.6) is 0 Å². The minimum absolute atomic E-state index is 0.142. The first-order valence-electron chi connectivity index (χ1n) is 7.96. The number of aryl methyl sites for hydroxylation is 2. The summed E-state index contributed by atoms with van der Waals surface area (Å²) < 4.78 is 1.30. The van der Waals surface area contributed by atoms with Crippen molar-refractivity contribution in [3.8, 4) is 5.95 Å². The fourth-order valence-corrected chi connectivity index (χ4v) is 2.66. The molecule has 0 bridgehead atoms. The number of aromatic nitrogens is 4. The van der Waals surface area contributed by atoms with Gasteiger partial charge in [-0.3, -0.25) is 24.7 Å². The maximum absolute atomic E-state index is 12.7. The normalized spacial score (nSPS) is 10.6. The van der Waals surface area contributed by atoms with Crippen molar-refractivity contribution < 1.29 is 9.72 Å². The number of aromatic amines is 1. The van der Waals surface area contributed by atoms with Gasteiger partial charge in [0, 0.05) is 35.0 Å². The third kappa shape index (κ3) is 3.59. The highest BCUT2D eigenvalue weighted by molar-refractivity contribution is 6.05. The van der Waals surface area contributed by atoms with Crippen molar-refractivity contribution in [2.75, 3.05) is 5.32 Å². The Morgan fingerprint density at radius 1 is 1.22 bits per heavy atom. The highest BCUT2D eigenvalue weighted by Gasteiger charge is 2.20. The van der Waals surface area contributed by atoms with Crippen molar-refractivity contribution in [2.24, 2.45) is 0 Å². The second-order valence-electron chi connectivity index (χ2n) is 5.95.